The summed E-state index contributed by atoms with van der Waals surface area (Å²) in [5.74, 6) is -0.381. The summed E-state index contributed by atoms with van der Waals surface area (Å²) >= 11 is 5.75. The van der Waals surface area contributed by atoms with Gasteiger partial charge in [-0.05, 0) is 24.5 Å². The molecule has 0 radical (unpaired) electrons. The van der Waals surface area contributed by atoms with Crippen LogP contribution < -0.4 is 5.73 Å². The Balaban J connectivity index is 0.000000791. The first-order valence-corrected chi connectivity index (χ1v) is 5.18. The number of benzene rings is 1. The van der Waals surface area contributed by atoms with Crippen molar-refractivity contribution in [2.24, 2.45) is 0 Å². The molecular formula is C11H17ClFN. The van der Waals surface area contributed by atoms with Gasteiger partial charge >= 0.3 is 0 Å². The summed E-state index contributed by atoms with van der Waals surface area (Å²) in [5, 5.41) is 0.324. The summed E-state index contributed by atoms with van der Waals surface area (Å²) < 4.78 is 13.2. The zero-order valence-corrected chi connectivity index (χ0v) is 9.87. The second-order valence-electron chi connectivity index (χ2n) is 2.75. The highest BCUT2D eigenvalue weighted by Gasteiger charge is 2.10. The lowest BCUT2D eigenvalue weighted by atomic mass is 10.1. The van der Waals surface area contributed by atoms with E-state index in [9.17, 15) is 4.39 Å². The van der Waals surface area contributed by atoms with Gasteiger partial charge in [-0.2, -0.15) is 0 Å². The normalized spacial score (nSPS) is 9.29. The smallest absolute Gasteiger partial charge is 0.150 e. The molecule has 1 nitrogen and oxygen atoms in total. The van der Waals surface area contributed by atoms with Gasteiger partial charge in [0.25, 0.3) is 0 Å². The first-order valence-electron chi connectivity index (χ1n) is 4.80. The highest BCUT2D eigenvalue weighted by atomic mass is 35.5. The fourth-order valence-electron chi connectivity index (χ4n) is 1.13. The largest absolute Gasteiger partial charge is 0.395 e. The van der Waals surface area contributed by atoms with Crippen molar-refractivity contribution < 1.29 is 4.39 Å². The van der Waals surface area contributed by atoms with Gasteiger partial charge in [0.05, 0.1) is 10.7 Å². The minimum absolute atomic E-state index is 0.0634. The molecule has 0 unspecified atom stereocenters. The van der Waals surface area contributed by atoms with E-state index in [1.165, 1.54) is 0 Å². The summed E-state index contributed by atoms with van der Waals surface area (Å²) in [4.78, 5) is 0. The predicted molar refractivity (Wildman–Crippen MR) is 61.3 cm³/mol. The van der Waals surface area contributed by atoms with E-state index in [-0.39, 0.29) is 11.5 Å². The van der Waals surface area contributed by atoms with E-state index in [2.05, 4.69) is 0 Å². The van der Waals surface area contributed by atoms with Gasteiger partial charge in [0.15, 0.2) is 5.82 Å². The molecule has 0 atom stereocenters. The Morgan fingerprint density at radius 2 is 1.93 bits per heavy atom. The zero-order valence-electron chi connectivity index (χ0n) is 9.12. The number of nitrogen functional groups attached to an aromatic ring is 1. The maximum atomic E-state index is 13.2. The van der Waals surface area contributed by atoms with Crippen molar-refractivity contribution in [3.05, 3.63) is 28.0 Å². The van der Waals surface area contributed by atoms with Crippen LogP contribution in [0.3, 0.4) is 0 Å². The molecule has 0 aliphatic heterocycles. The maximum absolute atomic E-state index is 13.2. The lowest BCUT2D eigenvalue weighted by Gasteiger charge is -2.07. The Morgan fingerprint density at radius 1 is 1.43 bits per heavy atom. The highest BCUT2D eigenvalue weighted by Crippen LogP contribution is 2.28. The number of hydrogen-bond acceptors (Lipinski definition) is 1. The van der Waals surface area contributed by atoms with Crippen molar-refractivity contribution in [3.63, 3.8) is 0 Å². The average Bonchev–Trinajstić information content (AvgIpc) is 2.23. The van der Waals surface area contributed by atoms with Crippen LogP contribution in [0.5, 0.6) is 0 Å². The van der Waals surface area contributed by atoms with Crippen LogP contribution >= 0.6 is 11.6 Å². The van der Waals surface area contributed by atoms with E-state index >= 15 is 0 Å². The average molecular weight is 218 g/mol. The molecule has 0 spiro atoms. The lowest BCUT2D eigenvalue weighted by molar-refractivity contribution is 0.616. The Kier molecular flexibility index (Phi) is 5.55. The van der Waals surface area contributed by atoms with Gasteiger partial charge in [0.2, 0.25) is 0 Å². The number of nitrogens with two attached hydrogens (primary N) is 1. The van der Waals surface area contributed by atoms with E-state index in [4.69, 9.17) is 17.3 Å². The topological polar surface area (TPSA) is 26.0 Å². The number of rotatable bonds is 1. The minimum atomic E-state index is -0.381. The van der Waals surface area contributed by atoms with Crippen molar-refractivity contribution in [2.45, 2.75) is 34.1 Å². The Labute approximate surface area is 90.1 Å². The van der Waals surface area contributed by atoms with Crippen molar-refractivity contribution >= 4 is 17.3 Å². The monoisotopic (exact) mass is 217 g/mol. The second kappa shape index (κ2) is 5.86. The van der Waals surface area contributed by atoms with Gasteiger partial charge in [-0.1, -0.05) is 38.4 Å². The van der Waals surface area contributed by atoms with Crippen LogP contribution in [-0.4, -0.2) is 0 Å². The van der Waals surface area contributed by atoms with Crippen LogP contribution in [0.1, 0.15) is 31.9 Å². The van der Waals surface area contributed by atoms with Crippen LogP contribution in [0.25, 0.3) is 0 Å². The molecule has 0 aliphatic carbocycles. The molecule has 0 saturated carbocycles. The Morgan fingerprint density at radius 3 is 2.36 bits per heavy atom. The maximum Gasteiger partial charge on any atom is 0.150 e. The second-order valence-corrected chi connectivity index (χ2v) is 3.13. The van der Waals surface area contributed by atoms with E-state index in [1.807, 2.05) is 27.7 Å². The van der Waals surface area contributed by atoms with Gasteiger partial charge in [-0.3, -0.25) is 0 Å². The molecule has 2 N–H and O–H groups in total. The lowest BCUT2D eigenvalue weighted by Crippen LogP contribution is -1.98. The number of halogens is 2. The van der Waals surface area contributed by atoms with E-state index < -0.39 is 0 Å². The third-order valence-electron chi connectivity index (χ3n) is 1.87. The molecule has 1 rings (SSSR count). The SMILES string of the molecule is CC.CCc1cc(C)c(Cl)c(N)c1F. The first kappa shape index (κ1) is 13.2. The van der Waals surface area contributed by atoms with Crippen molar-refractivity contribution in [2.75, 3.05) is 5.73 Å². The fraction of sp³-hybridized carbons (Fsp3) is 0.455. The summed E-state index contributed by atoms with van der Waals surface area (Å²) in [6.45, 7) is 7.70. The molecule has 1 aromatic carbocycles. The van der Waals surface area contributed by atoms with Crippen molar-refractivity contribution in [3.8, 4) is 0 Å². The van der Waals surface area contributed by atoms with Crippen molar-refractivity contribution in [1.29, 1.82) is 0 Å². The summed E-state index contributed by atoms with van der Waals surface area (Å²) in [6.07, 6.45) is 0.633. The molecule has 0 aliphatic rings. The minimum Gasteiger partial charge on any atom is -0.395 e. The van der Waals surface area contributed by atoms with E-state index in [0.717, 1.165) is 5.56 Å². The molecule has 0 heterocycles. The number of anilines is 1. The Bertz CT molecular complexity index is 311. The standard InChI is InChI=1S/C9H11ClFN.C2H6/c1-3-6-4-5(2)7(10)9(12)8(6)11;1-2/h4H,3,12H2,1-2H3;1-2H3. The molecule has 14 heavy (non-hydrogen) atoms. The third kappa shape index (κ3) is 2.61. The first-order chi connectivity index (χ1) is 6.57. The summed E-state index contributed by atoms with van der Waals surface area (Å²) in [6, 6.07) is 1.73. The van der Waals surface area contributed by atoms with Crippen LogP contribution in [-0.2, 0) is 6.42 Å². The van der Waals surface area contributed by atoms with Gasteiger partial charge in [0.1, 0.15) is 0 Å². The predicted octanol–water partition coefficient (Wildman–Crippen LogP) is 3.96. The molecular weight excluding hydrogens is 201 g/mol. The third-order valence-corrected chi connectivity index (χ3v) is 2.37. The molecule has 3 heteroatoms. The van der Waals surface area contributed by atoms with E-state index in [0.29, 0.717) is 17.0 Å². The fourth-order valence-corrected chi connectivity index (χ4v) is 1.26. The molecule has 0 fully saturated rings. The molecule has 1 aromatic rings. The summed E-state index contributed by atoms with van der Waals surface area (Å²) in [5.41, 5.74) is 6.96. The van der Waals surface area contributed by atoms with Crippen LogP contribution in [0.2, 0.25) is 5.02 Å². The van der Waals surface area contributed by atoms with Gasteiger partial charge < -0.3 is 5.73 Å². The van der Waals surface area contributed by atoms with Crippen molar-refractivity contribution in [1.82, 2.24) is 0 Å². The van der Waals surface area contributed by atoms with Gasteiger partial charge in [-0.25, -0.2) is 4.39 Å². The zero-order chi connectivity index (χ0) is 11.3. The molecule has 0 bridgehead atoms. The Hall–Kier alpha value is -0.760. The quantitative estimate of drug-likeness (QED) is 0.708. The van der Waals surface area contributed by atoms with Gasteiger partial charge in [-0.15, -0.1) is 0 Å². The van der Waals surface area contributed by atoms with E-state index in [1.54, 1.807) is 6.07 Å². The van der Waals surface area contributed by atoms with Crippen LogP contribution in [0.15, 0.2) is 6.07 Å². The molecule has 80 valence electrons. The highest BCUT2D eigenvalue weighted by molar-refractivity contribution is 6.33. The molecule has 0 amide bonds. The van der Waals surface area contributed by atoms with Crippen LogP contribution in [0.4, 0.5) is 10.1 Å². The number of hydrogen-bond donors (Lipinski definition) is 1. The summed E-state index contributed by atoms with van der Waals surface area (Å²) in [7, 11) is 0. The number of aryl methyl sites for hydroxylation is 2. The van der Waals surface area contributed by atoms with Gasteiger partial charge in [0, 0.05) is 0 Å². The molecule has 0 aromatic heterocycles. The van der Waals surface area contributed by atoms with Crippen LogP contribution in [0, 0.1) is 12.7 Å². The molecule has 0 saturated heterocycles.